The Bertz CT molecular complexity index is 1010. The van der Waals surface area contributed by atoms with Crippen LogP contribution in [0.25, 0.3) is 6.08 Å². The number of carbonyl (C=O) groups excluding carboxylic acids is 3. The molecule has 0 radical (unpaired) electrons. The number of amides is 3. The highest BCUT2D eigenvalue weighted by atomic mass is 16.6. The van der Waals surface area contributed by atoms with Gasteiger partial charge in [0.1, 0.15) is 5.60 Å². The fourth-order valence-electron chi connectivity index (χ4n) is 2.43. The molecule has 0 aromatic heterocycles. The SMILES string of the molecule is C#Cc1ccc(N(NC(=O)C=Cc2ccc(NC(C)=O)cc2)C(=O)OC(C)(C)C)cc1. The number of carbonyl (C=O) groups is 3. The van der Waals surface area contributed by atoms with Gasteiger partial charge in [0.25, 0.3) is 5.91 Å². The second kappa shape index (κ2) is 10.1. The lowest BCUT2D eigenvalue weighted by Gasteiger charge is -2.27. The molecule has 0 bridgehead atoms. The summed E-state index contributed by atoms with van der Waals surface area (Å²) in [7, 11) is 0. The van der Waals surface area contributed by atoms with Crippen molar-refractivity contribution in [2.24, 2.45) is 0 Å². The number of rotatable bonds is 4. The average molecular weight is 419 g/mol. The molecule has 3 amide bonds. The van der Waals surface area contributed by atoms with Crippen molar-refractivity contribution in [3.8, 4) is 12.3 Å². The summed E-state index contributed by atoms with van der Waals surface area (Å²) in [5.74, 6) is 1.80. The zero-order chi connectivity index (χ0) is 23.0. The number of nitrogens with one attached hydrogen (secondary N) is 2. The van der Waals surface area contributed by atoms with E-state index < -0.39 is 17.6 Å². The van der Waals surface area contributed by atoms with E-state index in [1.807, 2.05) is 0 Å². The number of hydrazine groups is 1. The van der Waals surface area contributed by atoms with Gasteiger partial charge in [-0.25, -0.2) is 4.79 Å². The van der Waals surface area contributed by atoms with Crippen LogP contribution in [0.1, 0.15) is 38.8 Å². The Hall–Kier alpha value is -4.05. The third kappa shape index (κ3) is 7.71. The van der Waals surface area contributed by atoms with Crippen LogP contribution in [0.2, 0.25) is 0 Å². The zero-order valence-corrected chi connectivity index (χ0v) is 17.9. The van der Waals surface area contributed by atoms with Crippen molar-refractivity contribution in [3.05, 3.63) is 65.7 Å². The zero-order valence-electron chi connectivity index (χ0n) is 17.9. The monoisotopic (exact) mass is 419 g/mol. The van der Waals surface area contributed by atoms with Crippen molar-refractivity contribution in [2.75, 3.05) is 10.3 Å². The summed E-state index contributed by atoms with van der Waals surface area (Å²) in [6, 6.07) is 13.5. The van der Waals surface area contributed by atoms with Crippen LogP contribution < -0.4 is 15.8 Å². The van der Waals surface area contributed by atoms with Crippen LogP contribution in [0.5, 0.6) is 0 Å². The van der Waals surface area contributed by atoms with Crippen LogP contribution in [0, 0.1) is 12.3 Å². The summed E-state index contributed by atoms with van der Waals surface area (Å²) in [6.07, 6.45) is 7.52. The quantitative estimate of drug-likeness (QED) is 0.443. The minimum atomic E-state index is -0.746. The number of terminal acetylenes is 1. The molecule has 7 nitrogen and oxygen atoms in total. The van der Waals surface area contributed by atoms with Gasteiger partial charge in [0.15, 0.2) is 0 Å². The number of hydrogen-bond donors (Lipinski definition) is 2. The minimum absolute atomic E-state index is 0.166. The molecule has 7 heteroatoms. The van der Waals surface area contributed by atoms with Crippen LogP contribution in [0.3, 0.4) is 0 Å². The summed E-state index contributed by atoms with van der Waals surface area (Å²) in [5, 5.41) is 3.69. The molecule has 0 heterocycles. The predicted octanol–water partition coefficient (Wildman–Crippen LogP) is 4.11. The molecule has 2 N–H and O–H groups in total. The van der Waals surface area contributed by atoms with Crippen molar-refractivity contribution in [1.82, 2.24) is 5.43 Å². The molecular formula is C24H25N3O4. The second-order valence-electron chi connectivity index (χ2n) is 7.62. The third-order valence-electron chi connectivity index (χ3n) is 3.75. The Morgan fingerprint density at radius 2 is 1.65 bits per heavy atom. The van der Waals surface area contributed by atoms with Gasteiger partial charge in [0.05, 0.1) is 5.69 Å². The maximum Gasteiger partial charge on any atom is 0.434 e. The van der Waals surface area contributed by atoms with Crippen LogP contribution in [-0.2, 0) is 14.3 Å². The first-order valence-electron chi connectivity index (χ1n) is 9.53. The molecule has 0 aliphatic heterocycles. The van der Waals surface area contributed by atoms with Gasteiger partial charge in [-0.05, 0) is 68.8 Å². The first kappa shape index (κ1) is 23.2. The summed E-state index contributed by atoms with van der Waals surface area (Å²) in [6.45, 7) is 6.62. The van der Waals surface area contributed by atoms with Gasteiger partial charge in [-0.15, -0.1) is 6.42 Å². The molecule has 0 saturated carbocycles. The Labute approximate surface area is 182 Å². The molecule has 0 saturated heterocycles. The van der Waals surface area contributed by atoms with E-state index >= 15 is 0 Å². The van der Waals surface area contributed by atoms with Gasteiger partial charge >= 0.3 is 6.09 Å². The second-order valence-corrected chi connectivity index (χ2v) is 7.62. The van der Waals surface area contributed by atoms with Gasteiger partial charge in [-0.2, -0.15) is 5.01 Å². The van der Waals surface area contributed by atoms with Gasteiger partial charge in [0.2, 0.25) is 5.91 Å². The summed E-state index contributed by atoms with van der Waals surface area (Å²) in [5.41, 5.74) is 4.21. The summed E-state index contributed by atoms with van der Waals surface area (Å²) in [4.78, 5) is 36.2. The molecular weight excluding hydrogens is 394 g/mol. The van der Waals surface area contributed by atoms with Crippen molar-refractivity contribution in [1.29, 1.82) is 0 Å². The van der Waals surface area contributed by atoms with Gasteiger partial charge in [0, 0.05) is 24.3 Å². The normalized spacial score (nSPS) is 10.8. The molecule has 160 valence electrons. The molecule has 0 atom stereocenters. The maximum atomic E-state index is 12.6. The van der Waals surface area contributed by atoms with E-state index in [1.54, 1.807) is 75.4 Å². The highest BCUT2D eigenvalue weighted by Gasteiger charge is 2.24. The molecule has 2 aromatic carbocycles. The number of ether oxygens (including phenoxy) is 1. The Morgan fingerprint density at radius 1 is 1.03 bits per heavy atom. The van der Waals surface area contributed by atoms with Crippen LogP contribution >= 0.6 is 0 Å². The smallest absolute Gasteiger partial charge is 0.434 e. The van der Waals surface area contributed by atoms with E-state index in [2.05, 4.69) is 16.7 Å². The Kier molecular flexibility index (Phi) is 7.58. The molecule has 0 spiro atoms. The van der Waals surface area contributed by atoms with E-state index in [1.165, 1.54) is 13.0 Å². The molecule has 0 fully saturated rings. The summed E-state index contributed by atoms with van der Waals surface area (Å²) < 4.78 is 5.39. The Morgan fingerprint density at radius 3 is 2.16 bits per heavy atom. The topological polar surface area (TPSA) is 87.7 Å². The lowest BCUT2D eigenvalue weighted by atomic mass is 10.2. The molecule has 0 aliphatic carbocycles. The van der Waals surface area contributed by atoms with Crippen molar-refractivity contribution in [2.45, 2.75) is 33.3 Å². The van der Waals surface area contributed by atoms with E-state index in [0.29, 0.717) is 16.9 Å². The minimum Gasteiger partial charge on any atom is -0.442 e. The third-order valence-corrected chi connectivity index (χ3v) is 3.75. The van der Waals surface area contributed by atoms with Crippen molar-refractivity contribution in [3.63, 3.8) is 0 Å². The molecule has 31 heavy (non-hydrogen) atoms. The lowest BCUT2D eigenvalue weighted by Crippen LogP contribution is -2.48. The number of anilines is 2. The number of benzene rings is 2. The molecule has 2 rings (SSSR count). The standard InChI is InChI=1S/C24H25N3O4/c1-6-18-9-14-21(15-10-18)27(23(30)31-24(3,4)5)26-22(29)16-11-19-7-12-20(13-8-19)25-17(2)28/h1,7-16H,2-5H3,(H,25,28)(H,26,29). The number of hydrogen-bond acceptors (Lipinski definition) is 4. The van der Waals surface area contributed by atoms with E-state index in [4.69, 9.17) is 11.2 Å². The molecule has 0 aliphatic rings. The highest BCUT2D eigenvalue weighted by molar-refractivity contribution is 5.98. The molecule has 0 unspecified atom stereocenters. The van der Waals surface area contributed by atoms with Gasteiger partial charge in [-0.1, -0.05) is 18.1 Å². The fraction of sp³-hybridized carbons (Fsp3) is 0.208. The first-order valence-corrected chi connectivity index (χ1v) is 9.53. The highest BCUT2D eigenvalue weighted by Crippen LogP contribution is 2.18. The van der Waals surface area contributed by atoms with Gasteiger partial charge < -0.3 is 10.1 Å². The lowest BCUT2D eigenvalue weighted by molar-refractivity contribution is -0.116. The van der Waals surface area contributed by atoms with E-state index in [9.17, 15) is 14.4 Å². The fourth-order valence-corrected chi connectivity index (χ4v) is 2.43. The van der Waals surface area contributed by atoms with Crippen LogP contribution in [0.4, 0.5) is 16.2 Å². The first-order chi connectivity index (χ1) is 14.6. The van der Waals surface area contributed by atoms with E-state index in [-0.39, 0.29) is 5.91 Å². The Balaban J connectivity index is 2.15. The van der Waals surface area contributed by atoms with Crippen LogP contribution in [-0.4, -0.2) is 23.5 Å². The average Bonchev–Trinajstić information content (AvgIpc) is 2.70. The predicted molar refractivity (Wildman–Crippen MR) is 121 cm³/mol. The maximum absolute atomic E-state index is 12.6. The van der Waals surface area contributed by atoms with Gasteiger partial charge in [-0.3, -0.25) is 15.0 Å². The largest absolute Gasteiger partial charge is 0.442 e. The number of nitrogens with zero attached hydrogens (tertiary/aromatic N) is 1. The van der Waals surface area contributed by atoms with E-state index in [0.717, 1.165) is 10.6 Å². The molecule has 2 aromatic rings. The summed E-state index contributed by atoms with van der Waals surface area (Å²) >= 11 is 0. The van der Waals surface area contributed by atoms with Crippen molar-refractivity contribution < 1.29 is 19.1 Å². The van der Waals surface area contributed by atoms with Crippen LogP contribution in [0.15, 0.2) is 54.6 Å². The van der Waals surface area contributed by atoms with Crippen molar-refractivity contribution >= 4 is 35.4 Å².